The fourth-order valence-corrected chi connectivity index (χ4v) is 4.23. The summed E-state index contributed by atoms with van der Waals surface area (Å²) >= 11 is 10.2. The average Bonchev–Trinajstić information content (AvgIpc) is 2.75. The molecule has 0 aliphatic heterocycles. The Bertz CT molecular complexity index is 1170. The maximum Gasteiger partial charge on any atom is 0.344 e. The number of ketones is 1. The quantitative estimate of drug-likeness (QED) is 0.177. The predicted octanol–water partition coefficient (Wildman–Crippen LogP) is 6.14. The molecular weight excluding hydrogens is 614 g/mol. The molecule has 0 bridgehead atoms. The molecule has 10 heteroatoms. The second kappa shape index (κ2) is 10.8. The molecule has 0 saturated carbocycles. The zero-order chi connectivity index (χ0) is 23.3. The number of phenolic OH excluding ortho intramolecular Hbond substituents is 1. The number of carbonyl (C=O) groups excluding carboxylic acids is 1. The van der Waals surface area contributed by atoms with Gasteiger partial charge in [-0.1, -0.05) is 21.1 Å². The van der Waals surface area contributed by atoms with Gasteiger partial charge < -0.3 is 19.8 Å². The second-order valence-electron chi connectivity index (χ2n) is 6.33. The van der Waals surface area contributed by atoms with Crippen LogP contribution in [0.25, 0.3) is 0 Å². The van der Waals surface area contributed by atoms with E-state index in [1.165, 1.54) is 18.3 Å². The third-order valence-electron chi connectivity index (χ3n) is 4.02. The fraction of sp³-hybridized carbons (Fsp3) is 0.0455. The number of phenols is 1. The Hall–Kier alpha value is -2.69. The number of hydrogen-bond acceptors (Lipinski definition) is 6. The van der Waals surface area contributed by atoms with Gasteiger partial charge in [0.15, 0.2) is 11.5 Å². The first-order valence-corrected chi connectivity index (χ1v) is 11.3. The summed E-state index contributed by atoms with van der Waals surface area (Å²) < 4.78 is 7.91. The Labute approximate surface area is 208 Å². The maximum absolute atomic E-state index is 12.8. The van der Waals surface area contributed by atoms with Crippen LogP contribution in [0.3, 0.4) is 0 Å². The first kappa shape index (κ1) is 24.0. The Balaban J connectivity index is 1.83. The van der Waals surface area contributed by atoms with Gasteiger partial charge in [-0.3, -0.25) is 4.79 Å². The summed E-state index contributed by atoms with van der Waals surface area (Å²) in [6.45, 7) is -0.539. The summed E-state index contributed by atoms with van der Waals surface area (Å²) in [6.07, 6.45) is 1.36. The standard InChI is InChI=1S/C22H14Br3NO6/c23-14-3-1-13(2-4-14)21(30)16-9-15(5-6-19(16)27)32-22-17(24)7-12(8-18(22)25)10-26-31-11-20(28)29/h1-10,27H,11H2,(H,28,29)/b26-10-. The first-order chi connectivity index (χ1) is 15.2. The topological polar surface area (TPSA) is 105 Å². The van der Waals surface area contributed by atoms with E-state index >= 15 is 0 Å². The zero-order valence-electron chi connectivity index (χ0n) is 16.1. The van der Waals surface area contributed by atoms with E-state index in [0.717, 1.165) is 4.47 Å². The number of carboxylic acid groups (broad SMARTS) is 1. The molecule has 0 spiro atoms. The van der Waals surface area contributed by atoms with E-state index in [4.69, 9.17) is 9.84 Å². The molecule has 0 heterocycles. The van der Waals surface area contributed by atoms with E-state index < -0.39 is 12.6 Å². The Kier molecular flexibility index (Phi) is 8.05. The third kappa shape index (κ3) is 6.18. The van der Waals surface area contributed by atoms with Gasteiger partial charge in [-0.25, -0.2) is 4.79 Å². The van der Waals surface area contributed by atoms with Gasteiger partial charge in [0.25, 0.3) is 0 Å². The molecule has 3 rings (SSSR count). The Morgan fingerprint density at radius 1 is 0.969 bits per heavy atom. The lowest BCUT2D eigenvalue weighted by atomic mass is 10.0. The highest BCUT2D eigenvalue weighted by Crippen LogP contribution is 2.38. The van der Waals surface area contributed by atoms with Crippen molar-refractivity contribution in [3.8, 4) is 17.2 Å². The van der Waals surface area contributed by atoms with Crippen LogP contribution in [-0.2, 0) is 9.63 Å². The molecule has 0 aliphatic rings. The van der Waals surface area contributed by atoms with Crippen molar-refractivity contribution in [3.63, 3.8) is 0 Å². The largest absolute Gasteiger partial charge is 0.507 e. The van der Waals surface area contributed by atoms with Gasteiger partial charge >= 0.3 is 5.97 Å². The number of nitrogens with zero attached hydrogens (tertiary/aromatic N) is 1. The molecule has 0 aromatic heterocycles. The highest BCUT2D eigenvalue weighted by atomic mass is 79.9. The minimum Gasteiger partial charge on any atom is -0.507 e. The van der Waals surface area contributed by atoms with E-state index in [9.17, 15) is 14.7 Å². The number of halogens is 3. The van der Waals surface area contributed by atoms with E-state index in [2.05, 4.69) is 57.8 Å². The van der Waals surface area contributed by atoms with E-state index in [-0.39, 0.29) is 17.1 Å². The molecule has 2 N–H and O–H groups in total. The maximum atomic E-state index is 12.8. The lowest BCUT2D eigenvalue weighted by Crippen LogP contribution is -2.03. The predicted molar refractivity (Wildman–Crippen MR) is 129 cm³/mol. The monoisotopic (exact) mass is 625 g/mol. The van der Waals surface area contributed by atoms with Gasteiger partial charge in [-0.2, -0.15) is 0 Å². The molecule has 0 atom stereocenters. The summed E-state index contributed by atoms with van der Waals surface area (Å²) in [5, 5.41) is 22.4. The lowest BCUT2D eigenvalue weighted by Gasteiger charge is -2.12. The number of aliphatic carboxylic acids is 1. The summed E-state index contributed by atoms with van der Waals surface area (Å²) in [5.41, 5.74) is 1.16. The number of oxime groups is 1. The number of aromatic hydroxyl groups is 1. The average molecular weight is 628 g/mol. The highest BCUT2D eigenvalue weighted by Gasteiger charge is 2.17. The summed E-state index contributed by atoms with van der Waals surface area (Å²) in [4.78, 5) is 27.9. The number of carbonyl (C=O) groups is 2. The zero-order valence-corrected chi connectivity index (χ0v) is 20.8. The number of carboxylic acids is 1. The van der Waals surface area contributed by atoms with Gasteiger partial charge in [0, 0.05) is 10.0 Å². The van der Waals surface area contributed by atoms with Gasteiger partial charge in [-0.15, -0.1) is 0 Å². The molecule has 3 aromatic rings. The molecule has 0 amide bonds. The van der Waals surface area contributed by atoms with Crippen LogP contribution in [0.15, 0.2) is 73.2 Å². The van der Waals surface area contributed by atoms with Crippen molar-refractivity contribution in [1.29, 1.82) is 0 Å². The van der Waals surface area contributed by atoms with Crippen molar-refractivity contribution in [2.45, 2.75) is 0 Å². The van der Waals surface area contributed by atoms with Gasteiger partial charge in [0.2, 0.25) is 6.61 Å². The normalized spacial score (nSPS) is 10.8. The third-order valence-corrected chi connectivity index (χ3v) is 5.73. The molecule has 164 valence electrons. The van der Waals surface area contributed by atoms with Crippen LogP contribution in [-0.4, -0.2) is 34.8 Å². The minimum absolute atomic E-state index is 0.108. The summed E-state index contributed by atoms with van der Waals surface area (Å²) in [6, 6.07) is 14.6. The van der Waals surface area contributed by atoms with Gasteiger partial charge in [0.05, 0.1) is 20.7 Å². The van der Waals surface area contributed by atoms with Crippen molar-refractivity contribution in [2.75, 3.05) is 6.61 Å². The van der Waals surface area contributed by atoms with Crippen molar-refractivity contribution in [3.05, 3.63) is 84.7 Å². The van der Waals surface area contributed by atoms with Crippen molar-refractivity contribution in [2.24, 2.45) is 5.16 Å². The first-order valence-electron chi connectivity index (χ1n) is 8.92. The Morgan fingerprint density at radius 2 is 1.62 bits per heavy atom. The second-order valence-corrected chi connectivity index (χ2v) is 8.96. The molecular formula is C22H14Br3NO6. The molecule has 0 aliphatic carbocycles. The Morgan fingerprint density at radius 3 is 2.25 bits per heavy atom. The number of benzene rings is 3. The number of ether oxygens (including phenoxy) is 1. The highest BCUT2D eigenvalue weighted by molar-refractivity contribution is 9.11. The molecule has 3 aromatic carbocycles. The smallest absolute Gasteiger partial charge is 0.344 e. The lowest BCUT2D eigenvalue weighted by molar-refractivity contribution is -0.142. The number of hydrogen-bond donors (Lipinski definition) is 2. The van der Waals surface area contributed by atoms with Crippen LogP contribution in [0.2, 0.25) is 0 Å². The van der Waals surface area contributed by atoms with Crippen LogP contribution in [0, 0.1) is 0 Å². The number of rotatable bonds is 8. The van der Waals surface area contributed by atoms with Gasteiger partial charge in [-0.05, 0) is 92.0 Å². The summed E-state index contributed by atoms with van der Waals surface area (Å²) in [7, 11) is 0. The molecule has 0 fully saturated rings. The molecule has 0 radical (unpaired) electrons. The van der Waals surface area contributed by atoms with Crippen LogP contribution >= 0.6 is 47.8 Å². The van der Waals surface area contributed by atoms with Crippen molar-refractivity contribution >= 4 is 65.8 Å². The van der Waals surface area contributed by atoms with Gasteiger partial charge in [0.1, 0.15) is 11.5 Å². The minimum atomic E-state index is -1.12. The van der Waals surface area contributed by atoms with Crippen LogP contribution in [0.4, 0.5) is 0 Å². The van der Waals surface area contributed by atoms with Crippen molar-refractivity contribution < 1.29 is 29.4 Å². The molecule has 32 heavy (non-hydrogen) atoms. The molecule has 0 unspecified atom stereocenters. The van der Waals surface area contributed by atoms with Crippen LogP contribution < -0.4 is 4.74 Å². The molecule has 7 nitrogen and oxygen atoms in total. The van der Waals surface area contributed by atoms with E-state index in [0.29, 0.717) is 31.6 Å². The SMILES string of the molecule is O=C(O)CO/N=C\c1cc(Br)c(Oc2ccc(O)c(C(=O)c3ccc(Br)cc3)c2)c(Br)c1. The molecule has 0 saturated heterocycles. The van der Waals surface area contributed by atoms with Crippen LogP contribution in [0.1, 0.15) is 21.5 Å². The fourth-order valence-electron chi connectivity index (χ4n) is 2.58. The summed E-state index contributed by atoms with van der Waals surface area (Å²) in [5.74, 6) is -0.847. The van der Waals surface area contributed by atoms with Crippen LogP contribution in [0.5, 0.6) is 17.2 Å². The van der Waals surface area contributed by atoms with E-state index in [1.807, 2.05) is 0 Å². The van der Waals surface area contributed by atoms with Crippen molar-refractivity contribution in [1.82, 2.24) is 0 Å². The van der Waals surface area contributed by atoms with E-state index in [1.54, 1.807) is 42.5 Å².